The van der Waals surface area contributed by atoms with Crippen LogP contribution < -0.4 is 4.72 Å². The van der Waals surface area contributed by atoms with E-state index in [1.165, 1.54) is 18.2 Å². The molecule has 0 saturated carbocycles. The van der Waals surface area contributed by atoms with Crippen LogP contribution in [0.4, 0.5) is 5.69 Å². The topological polar surface area (TPSA) is 46.2 Å². The van der Waals surface area contributed by atoms with Crippen LogP contribution in [0.25, 0.3) is 0 Å². The molecule has 2 aromatic rings. The number of rotatable bonds is 4. The first-order valence-electron chi connectivity index (χ1n) is 6.01. The lowest BCUT2D eigenvalue weighted by molar-refractivity contribution is 0.601. The molecule has 3 nitrogen and oxygen atoms in total. The third-order valence-corrected chi connectivity index (χ3v) is 5.05. The van der Waals surface area contributed by atoms with E-state index < -0.39 is 10.0 Å². The van der Waals surface area contributed by atoms with Gasteiger partial charge in [0.1, 0.15) is 0 Å². The summed E-state index contributed by atoms with van der Waals surface area (Å²) in [7, 11) is -3.75. The molecule has 1 atom stereocenters. The molecule has 0 bridgehead atoms. The van der Waals surface area contributed by atoms with Crippen LogP contribution in [-0.4, -0.2) is 8.42 Å². The molecule has 1 unspecified atom stereocenters. The third kappa shape index (κ3) is 4.13. The summed E-state index contributed by atoms with van der Waals surface area (Å²) in [6.45, 7) is 1.92. The first kappa shape index (κ1) is 16.6. The molecule has 0 amide bonds. The van der Waals surface area contributed by atoms with Gasteiger partial charge < -0.3 is 0 Å². The van der Waals surface area contributed by atoms with Gasteiger partial charge in [-0.2, -0.15) is 0 Å². The predicted molar refractivity (Wildman–Crippen MR) is 91.1 cm³/mol. The zero-order chi connectivity index (χ0) is 15.6. The Balaban J connectivity index is 2.42. The maximum Gasteiger partial charge on any atom is 0.262 e. The first-order chi connectivity index (χ1) is 9.79. The average Bonchev–Trinajstić information content (AvgIpc) is 2.37. The second-order valence-electron chi connectivity index (χ2n) is 4.41. The second-order valence-corrected chi connectivity index (χ2v) is 8.34. The lowest BCUT2D eigenvalue weighted by Crippen LogP contribution is -2.14. The fraction of sp³-hybridized carbons (Fsp3) is 0.143. The fourth-order valence-electron chi connectivity index (χ4n) is 1.82. The molecule has 0 aliphatic carbocycles. The fourth-order valence-corrected chi connectivity index (χ4v) is 4.04. The van der Waals surface area contributed by atoms with E-state index in [0.29, 0.717) is 5.69 Å². The van der Waals surface area contributed by atoms with Crippen LogP contribution in [0.2, 0.25) is 10.0 Å². The Morgan fingerprint density at radius 1 is 1.10 bits per heavy atom. The highest BCUT2D eigenvalue weighted by molar-refractivity contribution is 9.09. The van der Waals surface area contributed by atoms with E-state index in [0.717, 1.165) is 5.56 Å². The van der Waals surface area contributed by atoms with Crippen molar-refractivity contribution in [1.82, 2.24) is 0 Å². The summed E-state index contributed by atoms with van der Waals surface area (Å²) in [5.74, 6) is 0. The Hall–Kier alpha value is -0.750. The smallest absolute Gasteiger partial charge is 0.262 e. The molecule has 0 aromatic heterocycles. The van der Waals surface area contributed by atoms with Gasteiger partial charge in [-0.1, -0.05) is 57.3 Å². The number of anilines is 1. The number of hydrogen-bond donors (Lipinski definition) is 1. The molecule has 0 spiro atoms. The number of alkyl halides is 1. The third-order valence-electron chi connectivity index (χ3n) is 2.78. The minimum Gasteiger partial charge on any atom is -0.279 e. The molecule has 21 heavy (non-hydrogen) atoms. The molecule has 1 N–H and O–H groups in total. The number of para-hydroxylation sites is 1. The highest BCUT2D eigenvalue weighted by Crippen LogP contribution is 2.31. The highest BCUT2D eigenvalue weighted by Gasteiger charge is 2.18. The number of sulfonamides is 1. The van der Waals surface area contributed by atoms with E-state index in [2.05, 4.69) is 20.7 Å². The molecule has 0 aliphatic rings. The molecule has 7 heteroatoms. The molecule has 0 saturated heterocycles. The van der Waals surface area contributed by atoms with Crippen molar-refractivity contribution in [2.24, 2.45) is 0 Å². The Labute approximate surface area is 142 Å². The summed E-state index contributed by atoms with van der Waals surface area (Å²) in [6.07, 6.45) is 0. The van der Waals surface area contributed by atoms with E-state index in [9.17, 15) is 8.42 Å². The van der Waals surface area contributed by atoms with Gasteiger partial charge in [0.05, 0.1) is 10.6 Å². The summed E-state index contributed by atoms with van der Waals surface area (Å²) < 4.78 is 27.4. The van der Waals surface area contributed by atoms with E-state index in [4.69, 9.17) is 23.2 Å². The Bertz CT molecular complexity index is 743. The van der Waals surface area contributed by atoms with Gasteiger partial charge in [0.2, 0.25) is 0 Å². The van der Waals surface area contributed by atoms with Crippen LogP contribution in [-0.2, 0) is 10.0 Å². The van der Waals surface area contributed by atoms with Gasteiger partial charge in [-0.15, -0.1) is 0 Å². The molecule has 0 fully saturated rings. The van der Waals surface area contributed by atoms with Gasteiger partial charge >= 0.3 is 0 Å². The van der Waals surface area contributed by atoms with Crippen LogP contribution in [0.3, 0.4) is 0 Å². The van der Waals surface area contributed by atoms with Crippen molar-refractivity contribution < 1.29 is 8.42 Å². The summed E-state index contributed by atoms with van der Waals surface area (Å²) in [4.78, 5) is 0.0383. The minimum atomic E-state index is -3.75. The Kier molecular flexibility index (Phi) is 5.20. The maximum atomic E-state index is 12.4. The minimum absolute atomic E-state index is 0.0133. The largest absolute Gasteiger partial charge is 0.279 e. The van der Waals surface area contributed by atoms with E-state index in [-0.39, 0.29) is 19.8 Å². The Morgan fingerprint density at radius 3 is 2.24 bits per heavy atom. The summed E-state index contributed by atoms with van der Waals surface area (Å²) in [6, 6.07) is 11.4. The summed E-state index contributed by atoms with van der Waals surface area (Å²) in [5, 5.41) is 0.537. The molecule has 2 rings (SSSR count). The van der Waals surface area contributed by atoms with Crippen molar-refractivity contribution in [1.29, 1.82) is 0 Å². The van der Waals surface area contributed by atoms with Crippen molar-refractivity contribution in [2.75, 3.05) is 4.72 Å². The first-order valence-corrected chi connectivity index (χ1v) is 9.17. The molecule has 2 aromatic carbocycles. The van der Waals surface area contributed by atoms with Gasteiger partial charge in [0, 0.05) is 14.9 Å². The lowest BCUT2D eigenvalue weighted by atomic mass is 10.1. The van der Waals surface area contributed by atoms with Gasteiger partial charge in [-0.3, -0.25) is 4.72 Å². The van der Waals surface area contributed by atoms with Crippen LogP contribution in [0.15, 0.2) is 47.4 Å². The van der Waals surface area contributed by atoms with Crippen molar-refractivity contribution in [3.05, 3.63) is 58.1 Å². The second kappa shape index (κ2) is 6.57. The van der Waals surface area contributed by atoms with Crippen LogP contribution in [0.5, 0.6) is 0 Å². The van der Waals surface area contributed by atoms with Crippen LogP contribution in [0.1, 0.15) is 17.3 Å². The van der Waals surface area contributed by atoms with Gasteiger partial charge in [-0.25, -0.2) is 8.42 Å². The average molecular weight is 409 g/mol. The zero-order valence-electron chi connectivity index (χ0n) is 11.0. The van der Waals surface area contributed by atoms with Crippen molar-refractivity contribution in [3.8, 4) is 0 Å². The number of benzene rings is 2. The van der Waals surface area contributed by atoms with Crippen molar-refractivity contribution in [3.63, 3.8) is 0 Å². The quantitative estimate of drug-likeness (QED) is 0.702. The molecular weight excluding hydrogens is 397 g/mol. The van der Waals surface area contributed by atoms with Crippen molar-refractivity contribution in [2.45, 2.75) is 16.6 Å². The number of halogens is 3. The number of nitrogens with one attached hydrogen (secondary N) is 1. The summed E-state index contributed by atoms with van der Waals surface area (Å²) >= 11 is 15.2. The van der Waals surface area contributed by atoms with Gasteiger partial charge in [-0.05, 0) is 36.8 Å². The van der Waals surface area contributed by atoms with E-state index in [1.807, 2.05) is 19.1 Å². The monoisotopic (exact) mass is 407 g/mol. The zero-order valence-corrected chi connectivity index (χ0v) is 14.9. The summed E-state index contributed by atoms with van der Waals surface area (Å²) in [5.41, 5.74) is 1.35. The standard InChI is InChI=1S/C14H12BrCl2NO2S/c1-9(15)13-4-2-3-5-14(13)18-21(19,20)12-7-10(16)6-11(17)8-12/h2-9,18H,1H3. The van der Waals surface area contributed by atoms with Crippen molar-refractivity contribution >= 4 is 54.8 Å². The molecule has 0 radical (unpaired) electrons. The van der Waals surface area contributed by atoms with Crippen LogP contribution >= 0.6 is 39.1 Å². The normalized spacial score (nSPS) is 13.0. The van der Waals surface area contributed by atoms with Gasteiger partial charge in [0.25, 0.3) is 10.0 Å². The molecule has 0 heterocycles. The lowest BCUT2D eigenvalue weighted by Gasteiger charge is -2.14. The molecule has 0 aliphatic heterocycles. The molecular formula is C14H12BrCl2NO2S. The Morgan fingerprint density at radius 2 is 1.67 bits per heavy atom. The highest BCUT2D eigenvalue weighted by atomic mass is 79.9. The van der Waals surface area contributed by atoms with E-state index >= 15 is 0 Å². The predicted octanol–water partition coefficient (Wildman–Crippen LogP) is 5.25. The van der Waals surface area contributed by atoms with E-state index in [1.54, 1.807) is 12.1 Å². The maximum absolute atomic E-state index is 12.4. The number of hydrogen-bond acceptors (Lipinski definition) is 2. The molecule has 112 valence electrons. The van der Waals surface area contributed by atoms with Crippen LogP contribution in [0, 0.1) is 0 Å². The SMILES string of the molecule is CC(Br)c1ccccc1NS(=O)(=O)c1cc(Cl)cc(Cl)c1. The van der Waals surface area contributed by atoms with Gasteiger partial charge in [0.15, 0.2) is 0 Å².